The fourth-order valence-corrected chi connectivity index (χ4v) is 4.66. The Labute approximate surface area is 202 Å². The van der Waals surface area contributed by atoms with Crippen molar-refractivity contribution < 1.29 is 23.7 Å². The first kappa shape index (κ1) is 24.2. The van der Waals surface area contributed by atoms with Gasteiger partial charge in [0.2, 0.25) is 5.91 Å². The van der Waals surface area contributed by atoms with Crippen LogP contribution in [0.4, 0.5) is 0 Å². The van der Waals surface area contributed by atoms with E-state index < -0.39 is 0 Å². The number of nitrogens with one attached hydrogen (secondary N) is 1. The van der Waals surface area contributed by atoms with Crippen LogP contribution in [0.5, 0.6) is 23.0 Å². The number of carbonyl (C=O) groups excluding carboxylic acids is 1. The average molecular weight is 469 g/mol. The van der Waals surface area contributed by atoms with E-state index in [1.807, 2.05) is 36.4 Å². The van der Waals surface area contributed by atoms with E-state index >= 15 is 0 Å². The molecule has 2 aromatic rings. The molecule has 0 bridgehead atoms. The van der Waals surface area contributed by atoms with Crippen molar-refractivity contribution in [3.05, 3.63) is 48.0 Å². The van der Waals surface area contributed by atoms with E-state index in [1.54, 1.807) is 7.11 Å². The molecule has 1 N–H and O–H groups in total. The van der Waals surface area contributed by atoms with Crippen molar-refractivity contribution in [3.63, 3.8) is 0 Å². The molecule has 2 aliphatic heterocycles. The van der Waals surface area contributed by atoms with Crippen LogP contribution in [0.25, 0.3) is 0 Å². The molecule has 2 heterocycles. The molecule has 2 aromatic carbocycles. The van der Waals surface area contributed by atoms with E-state index in [0.29, 0.717) is 26.2 Å². The number of likely N-dealkylation sites (tertiary alicyclic amines) is 1. The summed E-state index contributed by atoms with van der Waals surface area (Å²) in [5.41, 5.74) is 1.27. The highest BCUT2D eigenvalue weighted by Gasteiger charge is 2.33. The molecule has 7 heteroatoms. The van der Waals surface area contributed by atoms with Gasteiger partial charge in [-0.15, -0.1) is 0 Å². The number of carbonyl (C=O) groups is 1. The number of amides is 1. The van der Waals surface area contributed by atoms with Crippen LogP contribution in [0, 0.1) is 0 Å². The number of hydrogen-bond donors (Lipinski definition) is 1. The van der Waals surface area contributed by atoms with Gasteiger partial charge in [-0.3, -0.25) is 9.69 Å². The van der Waals surface area contributed by atoms with Crippen molar-refractivity contribution in [1.82, 2.24) is 10.2 Å². The summed E-state index contributed by atoms with van der Waals surface area (Å²) in [6, 6.07) is 13.4. The fourth-order valence-electron chi connectivity index (χ4n) is 4.66. The monoisotopic (exact) mass is 468 g/mol. The number of ether oxygens (including phenoxy) is 4. The second-order valence-electron chi connectivity index (χ2n) is 9.58. The van der Waals surface area contributed by atoms with Crippen molar-refractivity contribution in [3.8, 4) is 23.0 Å². The summed E-state index contributed by atoms with van der Waals surface area (Å²) in [6.07, 6.45) is 3.39. The third-order valence-corrected chi connectivity index (χ3v) is 6.62. The molecule has 34 heavy (non-hydrogen) atoms. The smallest absolute Gasteiger partial charge is 0.223 e. The predicted octanol–water partition coefficient (Wildman–Crippen LogP) is 3.84. The Balaban J connectivity index is 1.36. The van der Waals surface area contributed by atoms with Crippen LogP contribution >= 0.6 is 0 Å². The van der Waals surface area contributed by atoms with Gasteiger partial charge in [-0.25, -0.2) is 0 Å². The van der Waals surface area contributed by atoms with Gasteiger partial charge in [-0.2, -0.15) is 0 Å². The van der Waals surface area contributed by atoms with Crippen LogP contribution in [0.1, 0.15) is 38.7 Å². The molecular formula is C27H36N2O5. The van der Waals surface area contributed by atoms with Gasteiger partial charge in [0.1, 0.15) is 24.7 Å². The second kappa shape index (κ2) is 11.0. The topological polar surface area (TPSA) is 69.3 Å². The van der Waals surface area contributed by atoms with Gasteiger partial charge in [0.15, 0.2) is 11.5 Å². The largest absolute Gasteiger partial charge is 0.497 e. The minimum Gasteiger partial charge on any atom is -0.497 e. The Kier molecular flexibility index (Phi) is 7.83. The molecule has 0 aliphatic carbocycles. The molecule has 1 atom stereocenters. The number of methoxy groups -OCH3 is 1. The molecule has 1 fully saturated rings. The Morgan fingerprint density at radius 2 is 1.82 bits per heavy atom. The molecule has 4 rings (SSSR count). The zero-order valence-electron chi connectivity index (χ0n) is 20.5. The van der Waals surface area contributed by atoms with E-state index in [9.17, 15) is 4.79 Å². The van der Waals surface area contributed by atoms with Crippen molar-refractivity contribution in [1.29, 1.82) is 0 Å². The SMILES string of the molecule is COc1ccc(OCCC(=O)N[C@@H](Cc2ccc3c(c2)OCCO3)CN2CCCC2(C)C)cc1. The zero-order chi connectivity index (χ0) is 24.0. The highest BCUT2D eigenvalue weighted by molar-refractivity contribution is 5.76. The number of fused-ring (bicyclic) bond motifs is 1. The van der Waals surface area contributed by atoms with Crippen LogP contribution in [-0.4, -0.2) is 62.4 Å². The van der Waals surface area contributed by atoms with Gasteiger partial charge < -0.3 is 24.3 Å². The molecule has 2 aliphatic rings. The van der Waals surface area contributed by atoms with E-state index in [4.69, 9.17) is 18.9 Å². The first-order chi connectivity index (χ1) is 16.4. The lowest BCUT2D eigenvalue weighted by Crippen LogP contribution is -2.49. The van der Waals surface area contributed by atoms with Crippen molar-refractivity contribution in [2.24, 2.45) is 0 Å². The quantitative estimate of drug-likeness (QED) is 0.572. The molecule has 0 radical (unpaired) electrons. The summed E-state index contributed by atoms with van der Waals surface area (Å²) < 4.78 is 22.3. The molecule has 0 spiro atoms. The summed E-state index contributed by atoms with van der Waals surface area (Å²) in [7, 11) is 1.63. The summed E-state index contributed by atoms with van der Waals surface area (Å²) in [4.78, 5) is 15.3. The lowest BCUT2D eigenvalue weighted by Gasteiger charge is -2.35. The molecule has 0 unspecified atom stereocenters. The summed E-state index contributed by atoms with van der Waals surface area (Å²) >= 11 is 0. The van der Waals surface area contributed by atoms with Crippen molar-refractivity contribution in [2.75, 3.05) is 40.0 Å². The lowest BCUT2D eigenvalue weighted by molar-refractivity contribution is -0.122. The third kappa shape index (κ3) is 6.35. The van der Waals surface area contributed by atoms with E-state index in [-0.39, 0.29) is 17.5 Å². The first-order valence-electron chi connectivity index (χ1n) is 12.1. The van der Waals surface area contributed by atoms with Crippen LogP contribution in [0.3, 0.4) is 0 Å². The fraction of sp³-hybridized carbons (Fsp3) is 0.519. The molecule has 1 amide bonds. The van der Waals surface area contributed by atoms with E-state index in [1.165, 1.54) is 12.8 Å². The normalized spacial score (nSPS) is 17.7. The molecule has 7 nitrogen and oxygen atoms in total. The number of hydrogen-bond acceptors (Lipinski definition) is 6. The molecule has 184 valence electrons. The molecule has 0 saturated carbocycles. The number of benzene rings is 2. The van der Waals surface area contributed by atoms with Gasteiger partial charge >= 0.3 is 0 Å². The maximum Gasteiger partial charge on any atom is 0.223 e. The third-order valence-electron chi connectivity index (χ3n) is 6.62. The maximum absolute atomic E-state index is 12.8. The number of rotatable bonds is 10. The van der Waals surface area contributed by atoms with Crippen molar-refractivity contribution in [2.45, 2.75) is 51.1 Å². The summed E-state index contributed by atoms with van der Waals surface area (Å²) in [5, 5.41) is 3.26. The minimum atomic E-state index is -0.00643. The highest BCUT2D eigenvalue weighted by atomic mass is 16.6. The van der Waals surface area contributed by atoms with Gasteiger partial charge in [0, 0.05) is 18.1 Å². The lowest BCUT2D eigenvalue weighted by atomic mass is 9.99. The maximum atomic E-state index is 12.8. The van der Waals surface area contributed by atoms with Crippen LogP contribution in [0.15, 0.2) is 42.5 Å². The van der Waals surface area contributed by atoms with Gasteiger partial charge in [0.05, 0.1) is 20.1 Å². The van der Waals surface area contributed by atoms with Crippen LogP contribution < -0.4 is 24.3 Å². The first-order valence-corrected chi connectivity index (χ1v) is 12.1. The van der Waals surface area contributed by atoms with Crippen molar-refractivity contribution >= 4 is 5.91 Å². The van der Waals surface area contributed by atoms with Crippen LogP contribution in [0.2, 0.25) is 0 Å². The number of nitrogens with zero attached hydrogens (tertiary/aromatic N) is 1. The average Bonchev–Trinajstić information content (AvgIpc) is 3.16. The van der Waals surface area contributed by atoms with Crippen LogP contribution in [-0.2, 0) is 11.2 Å². The van der Waals surface area contributed by atoms with E-state index in [2.05, 4.69) is 30.1 Å². The Morgan fingerprint density at radius 1 is 1.09 bits per heavy atom. The highest BCUT2D eigenvalue weighted by Crippen LogP contribution is 2.32. The second-order valence-corrected chi connectivity index (χ2v) is 9.58. The molecule has 0 aromatic heterocycles. The van der Waals surface area contributed by atoms with E-state index in [0.717, 1.165) is 48.1 Å². The molecule has 1 saturated heterocycles. The molecular weight excluding hydrogens is 432 g/mol. The summed E-state index contributed by atoms with van der Waals surface area (Å²) in [5.74, 6) is 3.06. The van der Waals surface area contributed by atoms with Gasteiger partial charge in [0.25, 0.3) is 0 Å². The predicted molar refractivity (Wildman–Crippen MR) is 131 cm³/mol. The standard InChI is InChI=1S/C27H36N2O5/c1-27(2)12-4-13-29(27)19-21(17-20-5-10-24-25(18-20)34-16-15-33-24)28-26(30)11-14-32-23-8-6-22(31-3)7-9-23/h5-10,18,21H,4,11-17,19H2,1-3H3,(H,28,30)/t21-/m0/s1. The Bertz CT molecular complexity index is 960. The van der Waals surface area contributed by atoms with Gasteiger partial charge in [-0.1, -0.05) is 6.07 Å². The van der Waals surface area contributed by atoms with Gasteiger partial charge in [-0.05, 0) is 81.6 Å². The summed E-state index contributed by atoms with van der Waals surface area (Å²) in [6.45, 7) is 7.90. The minimum absolute atomic E-state index is 0.00609. The Hall–Kier alpha value is -2.93. The zero-order valence-corrected chi connectivity index (χ0v) is 20.5. The Morgan fingerprint density at radius 3 is 2.53 bits per heavy atom.